The molecule has 25 heavy (non-hydrogen) atoms. The molecular formula is C17H12ClFN4O2. The van der Waals surface area contributed by atoms with E-state index < -0.39 is 11.7 Å². The van der Waals surface area contributed by atoms with Gasteiger partial charge in [0.1, 0.15) is 11.6 Å². The van der Waals surface area contributed by atoms with E-state index in [1.54, 1.807) is 6.07 Å². The molecule has 2 N–H and O–H groups in total. The maximum Gasteiger partial charge on any atom is 0.260 e. The third-order valence-electron chi connectivity index (χ3n) is 3.62. The normalized spacial score (nSPS) is 13.0. The summed E-state index contributed by atoms with van der Waals surface area (Å²) in [4.78, 5) is 28.0. The molecule has 1 aromatic heterocycles. The van der Waals surface area contributed by atoms with Gasteiger partial charge >= 0.3 is 0 Å². The van der Waals surface area contributed by atoms with Crippen molar-refractivity contribution in [1.82, 2.24) is 4.98 Å². The molecule has 0 unspecified atom stereocenters. The van der Waals surface area contributed by atoms with E-state index in [2.05, 4.69) is 15.6 Å². The third-order valence-corrected chi connectivity index (χ3v) is 3.91. The van der Waals surface area contributed by atoms with Gasteiger partial charge in [0.25, 0.3) is 5.91 Å². The molecule has 0 atom stereocenters. The number of aromatic nitrogens is 1. The van der Waals surface area contributed by atoms with E-state index in [0.29, 0.717) is 11.5 Å². The molecule has 0 bridgehead atoms. The van der Waals surface area contributed by atoms with Crippen LogP contribution < -0.4 is 10.6 Å². The number of rotatable bonds is 4. The van der Waals surface area contributed by atoms with Gasteiger partial charge < -0.3 is 10.6 Å². The van der Waals surface area contributed by atoms with Gasteiger partial charge in [-0.2, -0.15) is 5.26 Å². The Hall–Kier alpha value is -2.98. The van der Waals surface area contributed by atoms with Crippen molar-refractivity contribution in [2.45, 2.75) is 12.8 Å². The molecule has 1 fully saturated rings. The van der Waals surface area contributed by atoms with E-state index in [1.807, 2.05) is 0 Å². The molecule has 8 heteroatoms. The maximum atomic E-state index is 14.0. The van der Waals surface area contributed by atoms with Gasteiger partial charge in [0.2, 0.25) is 5.91 Å². The van der Waals surface area contributed by atoms with Crippen LogP contribution in [0.2, 0.25) is 5.02 Å². The highest BCUT2D eigenvalue weighted by molar-refractivity contribution is 6.34. The summed E-state index contributed by atoms with van der Waals surface area (Å²) in [5.74, 6) is -1.46. The molecule has 2 aromatic rings. The lowest BCUT2D eigenvalue weighted by atomic mass is 10.1. The zero-order chi connectivity index (χ0) is 18.0. The SMILES string of the molecule is N#Cc1cc(F)c(C(=O)Nc2ccnc(NC(=O)C3CC3)c2)c(Cl)c1. The summed E-state index contributed by atoms with van der Waals surface area (Å²) >= 11 is 5.90. The number of hydrogen-bond donors (Lipinski definition) is 2. The van der Waals surface area contributed by atoms with Gasteiger partial charge in [0.05, 0.1) is 22.2 Å². The van der Waals surface area contributed by atoms with Crippen LogP contribution in [0.1, 0.15) is 28.8 Å². The van der Waals surface area contributed by atoms with Crippen LogP contribution in [0.25, 0.3) is 0 Å². The summed E-state index contributed by atoms with van der Waals surface area (Å²) in [5, 5.41) is 13.8. The van der Waals surface area contributed by atoms with Crippen LogP contribution in [0.4, 0.5) is 15.9 Å². The first kappa shape index (κ1) is 16.9. The van der Waals surface area contributed by atoms with Gasteiger partial charge in [-0.1, -0.05) is 11.6 Å². The van der Waals surface area contributed by atoms with Gasteiger partial charge in [-0.3, -0.25) is 9.59 Å². The number of benzene rings is 1. The number of anilines is 2. The summed E-state index contributed by atoms with van der Waals surface area (Å²) in [5.41, 5.74) is -0.0139. The Kier molecular flexibility index (Phi) is 4.63. The Morgan fingerprint density at radius 3 is 2.68 bits per heavy atom. The topological polar surface area (TPSA) is 94.9 Å². The maximum absolute atomic E-state index is 14.0. The molecule has 1 aromatic carbocycles. The highest BCUT2D eigenvalue weighted by atomic mass is 35.5. The molecule has 0 saturated heterocycles. The van der Waals surface area contributed by atoms with E-state index in [9.17, 15) is 14.0 Å². The van der Waals surface area contributed by atoms with Crippen LogP contribution in [0.15, 0.2) is 30.5 Å². The van der Waals surface area contributed by atoms with Gasteiger partial charge in [-0.15, -0.1) is 0 Å². The standard InChI is InChI=1S/C17H12ClFN4O2/c18-12-5-9(8-20)6-13(19)15(12)17(25)22-11-3-4-21-14(7-11)23-16(24)10-1-2-10/h3-7,10H,1-2H2,(H2,21,22,23,24,25). The van der Waals surface area contributed by atoms with Gasteiger partial charge in [-0.05, 0) is 31.0 Å². The van der Waals surface area contributed by atoms with Crippen LogP contribution in [0.3, 0.4) is 0 Å². The van der Waals surface area contributed by atoms with Crippen molar-refractivity contribution >= 4 is 34.9 Å². The lowest BCUT2D eigenvalue weighted by molar-refractivity contribution is -0.117. The second-order valence-electron chi connectivity index (χ2n) is 5.57. The molecule has 1 heterocycles. The van der Waals surface area contributed by atoms with E-state index >= 15 is 0 Å². The number of nitrogens with zero attached hydrogens (tertiary/aromatic N) is 2. The van der Waals surface area contributed by atoms with Crippen LogP contribution in [0.5, 0.6) is 0 Å². The third kappa shape index (κ3) is 3.92. The number of hydrogen-bond acceptors (Lipinski definition) is 4. The van der Waals surface area contributed by atoms with E-state index in [-0.39, 0.29) is 28.0 Å². The smallest absolute Gasteiger partial charge is 0.260 e. The van der Waals surface area contributed by atoms with Crippen molar-refractivity contribution in [3.05, 3.63) is 52.4 Å². The van der Waals surface area contributed by atoms with Crippen molar-refractivity contribution in [2.24, 2.45) is 5.92 Å². The fraction of sp³-hybridized carbons (Fsp3) is 0.176. The molecule has 1 aliphatic carbocycles. The largest absolute Gasteiger partial charge is 0.322 e. The van der Waals surface area contributed by atoms with Crippen LogP contribution >= 0.6 is 11.6 Å². The van der Waals surface area contributed by atoms with Crippen molar-refractivity contribution in [2.75, 3.05) is 10.6 Å². The Morgan fingerprint density at radius 2 is 2.04 bits per heavy atom. The average Bonchev–Trinajstić information content (AvgIpc) is 3.39. The summed E-state index contributed by atoms with van der Waals surface area (Å²) < 4.78 is 14.0. The summed E-state index contributed by atoms with van der Waals surface area (Å²) in [6, 6.07) is 6.88. The fourth-order valence-corrected chi connectivity index (χ4v) is 2.49. The van der Waals surface area contributed by atoms with Crippen LogP contribution in [-0.4, -0.2) is 16.8 Å². The van der Waals surface area contributed by atoms with Crippen molar-refractivity contribution in [3.63, 3.8) is 0 Å². The molecule has 1 aliphatic rings. The van der Waals surface area contributed by atoms with E-state index in [0.717, 1.165) is 18.9 Å². The monoisotopic (exact) mass is 358 g/mol. The molecule has 2 amide bonds. The van der Waals surface area contributed by atoms with E-state index in [4.69, 9.17) is 16.9 Å². The van der Waals surface area contributed by atoms with Gasteiger partial charge in [0, 0.05) is 23.9 Å². The molecular weight excluding hydrogens is 347 g/mol. The minimum Gasteiger partial charge on any atom is -0.322 e. The summed E-state index contributed by atoms with van der Waals surface area (Å²) in [6.45, 7) is 0. The quantitative estimate of drug-likeness (QED) is 0.876. The number of nitriles is 1. The molecule has 0 spiro atoms. The summed E-state index contributed by atoms with van der Waals surface area (Å²) in [6.07, 6.45) is 3.13. The molecule has 3 rings (SSSR count). The predicted octanol–water partition coefficient (Wildman–Crippen LogP) is 3.35. The minimum atomic E-state index is -0.891. The molecule has 0 radical (unpaired) electrons. The summed E-state index contributed by atoms with van der Waals surface area (Å²) in [7, 11) is 0. The van der Waals surface area contributed by atoms with Crippen LogP contribution in [-0.2, 0) is 4.79 Å². The lowest BCUT2D eigenvalue weighted by Crippen LogP contribution is -2.16. The number of carbonyl (C=O) groups is 2. The second kappa shape index (κ2) is 6.87. The highest BCUT2D eigenvalue weighted by Gasteiger charge is 2.29. The number of amides is 2. The first-order chi connectivity index (χ1) is 12.0. The zero-order valence-electron chi connectivity index (χ0n) is 12.8. The minimum absolute atomic E-state index is 0.0200. The Morgan fingerprint density at radius 1 is 1.28 bits per heavy atom. The van der Waals surface area contributed by atoms with Gasteiger partial charge in [0.15, 0.2) is 0 Å². The second-order valence-corrected chi connectivity index (χ2v) is 5.98. The molecule has 6 nitrogen and oxygen atoms in total. The highest BCUT2D eigenvalue weighted by Crippen LogP contribution is 2.30. The van der Waals surface area contributed by atoms with Crippen molar-refractivity contribution < 1.29 is 14.0 Å². The van der Waals surface area contributed by atoms with E-state index in [1.165, 1.54) is 24.4 Å². The Bertz CT molecular complexity index is 883. The first-order valence-corrected chi connectivity index (χ1v) is 7.83. The number of pyridine rings is 1. The fourth-order valence-electron chi connectivity index (χ4n) is 2.20. The average molecular weight is 359 g/mol. The van der Waals surface area contributed by atoms with Crippen LogP contribution in [0, 0.1) is 23.1 Å². The zero-order valence-corrected chi connectivity index (χ0v) is 13.6. The van der Waals surface area contributed by atoms with Crippen molar-refractivity contribution in [1.29, 1.82) is 5.26 Å². The Balaban J connectivity index is 1.77. The molecule has 0 aliphatic heterocycles. The lowest BCUT2D eigenvalue weighted by Gasteiger charge is -2.10. The van der Waals surface area contributed by atoms with Gasteiger partial charge in [-0.25, -0.2) is 9.37 Å². The first-order valence-electron chi connectivity index (χ1n) is 7.45. The van der Waals surface area contributed by atoms with Crippen molar-refractivity contribution in [3.8, 4) is 6.07 Å². The molecule has 126 valence electrons. The number of carbonyl (C=O) groups excluding carboxylic acids is 2. The molecule has 1 saturated carbocycles. The predicted molar refractivity (Wildman–Crippen MR) is 89.7 cm³/mol. The number of halogens is 2. The number of nitrogens with one attached hydrogen (secondary N) is 2. The Labute approximate surface area is 147 Å².